The van der Waals surface area contributed by atoms with Crippen molar-refractivity contribution < 1.29 is 31.5 Å². The van der Waals surface area contributed by atoms with E-state index in [-0.39, 0.29) is 18.0 Å². The van der Waals surface area contributed by atoms with Gasteiger partial charge in [0.25, 0.3) is 0 Å². The molecule has 0 bridgehead atoms. The van der Waals surface area contributed by atoms with Crippen LogP contribution < -0.4 is 10.5 Å². The van der Waals surface area contributed by atoms with Gasteiger partial charge < -0.3 is 15.8 Å². The number of rotatable bonds is 6. The number of H-pyrrole nitrogens is 1. The van der Waals surface area contributed by atoms with Crippen LogP contribution >= 0.6 is 0 Å². The van der Waals surface area contributed by atoms with E-state index in [1.807, 2.05) is 18.2 Å². The first-order chi connectivity index (χ1) is 14.9. The van der Waals surface area contributed by atoms with Gasteiger partial charge in [-0.15, -0.1) is 0 Å². The highest BCUT2D eigenvalue weighted by Gasteiger charge is 2.38. The lowest BCUT2D eigenvalue weighted by Crippen LogP contribution is -2.29. The maximum absolute atomic E-state index is 12.1. The van der Waals surface area contributed by atoms with E-state index in [0.29, 0.717) is 5.92 Å². The van der Waals surface area contributed by atoms with Crippen LogP contribution in [0.25, 0.3) is 22.2 Å². The third-order valence-corrected chi connectivity index (χ3v) is 5.81. The van der Waals surface area contributed by atoms with Crippen molar-refractivity contribution in [3.05, 3.63) is 48.3 Å². The monoisotopic (exact) mass is 472 g/mol. The van der Waals surface area contributed by atoms with Gasteiger partial charge in [0.05, 0.1) is 4.90 Å². The lowest BCUT2D eigenvalue weighted by Gasteiger charge is -2.07. The number of halogens is 3. The molecule has 3 aromatic rings. The molecule has 0 saturated carbocycles. The number of pyridine rings is 1. The first-order valence-corrected chi connectivity index (χ1v) is 10.9. The Bertz CT molecular complexity index is 1170. The number of benzene rings is 1. The van der Waals surface area contributed by atoms with Crippen LogP contribution in [0.4, 0.5) is 13.2 Å². The molecule has 0 amide bonds. The molecule has 32 heavy (non-hydrogen) atoms. The van der Waals surface area contributed by atoms with Gasteiger partial charge >= 0.3 is 12.1 Å². The van der Waals surface area contributed by atoms with Crippen LogP contribution in [0, 0.1) is 0 Å². The quantitative estimate of drug-likeness (QED) is 0.435. The number of carboxylic acids is 1. The van der Waals surface area contributed by atoms with Crippen LogP contribution in [0.5, 0.6) is 0 Å². The second kappa shape index (κ2) is 10.1. The Kier molecular flexibility index (Phi) is 7.99. The Hall–Kier alpha value is -2.96. The number of nitrogens with two attached hydrogens (primary N) is 1. The summed E-state index contributed by atoms with van der Waals surface area (Å²) in [4.78, 5) is 16.8. The zero-order valence-electron chi connectivity index (χ0n) is 17.3. The smallest absolute Gasteiger partial charge is 0.475 e. The third kappa shape index (κ3) is 6.28. The molecule has 0 saturated heterocycles. The molecule has 0 radical (unpaired) electrons. The van der Waals surface area contributed by atoms with E-state index >= 15 is 0 Å². The van der Waals surface area contributed by atoms with Gasteiger partial charge in [0, 0.05) is 30.4 Å². The Balaban J connectivity index is 0.000000451. The first-order valence-electron chi connectivity index (χ1n) is 9.44. The number of carbonyl (C=O) groups is 1. The summed E-state index contributed by atoms with van der Waals surface area (Å²) in [5.41, 5.74) is 9.28. The summed E-state index contributed by atoms with van der Waals surface area (Å²) >= 11 is 0. The van der Waals surface area contributed by atoms with E-state index in [9.17, 15) is 21.6 Å². The number of aromatic nitrogens is 2. The lowest BCUT2D eigenvalue weighted by atomic mass is 10.0. The predicted octanol–water partition coefficient (Wildman–Crippen LogP) is 3.22. The lowest BCUT2D eigenvalue weighted by molar-refractivity contribution is -0.192. The summed E-state index contributed by atoms with van der Waals surface area (Å²) in [5.74, 6) is -2.38. The SMILES string of the molecule is CC(C)c1cc2c(-c3ccc(S(=O)(=O)NCCN)cc3)ccnc2[nH]1.O=C(O)C(F)(F)F. The fourth-order valence-corrected chi connectivity index (χ4v) is 3.75. The van der Waals surface area contributed by atoms with Gasteiger partial charge in [-0.3, -0.25) is 0 Å². The van der Waals surface area contributed by atoms with Crippen LogP contribution in [0.15, 0.2) is 47.5 Å². The highest BCUT2D eigenvalue weighted by molar-refractivity contribution is 7.89. The minimum absolute atomic E-state index is 0.219. The van der Waals surface area contributed by atoms with Crippen LogP contribution in [-0.4, -0.2) is 48.7 Å². The number of alkyl halides is 3. The van der Waals surface area contributed by atoms with Gasteiger partial charge in [-0.05, 0) is 41.3 Å². The van der Waals surface area contributed by atoms with Crippen molar-refractivity contribution in [2.75, 3.05) is 13.1 Å². The van der Waals surface area contributed by atoms with Crippen molar-refractivity contribution >= 4 is 27.0 Å². The molecule has 2 heterocycles. The van der Waals surface area contributed by atoms with Gasteiger partial charge in [0.1, 0.15) is 5.65 Å². The molecule has 1 aromatic carbocycles. The Morgan fingerprint density at radius 2 is 1.81 bits per heavy atom. The van der Waals surface area contributed by atoms with Crippen molar-refractivity contribution in [1.29, 1.82) is 0 Å². The van der Waals surface area contributed by atoms with E-state index in [4.69, 9.17) is 15.6 Å². The van der Waals surface area contributed by atoms with Gasteiger partial charge in [0.15, 0.2) is 0 Å². The fraction of sp³-hybridized carbons (Fsp3) is 0.300. The molecule has 0 fully saturated rings. The van der Waals surface area contributed by atoms with Gasteiger partial charge in [0.2, 0.25) is 10.0 Å². The summed E-state index contributed by atoms with van der Waals surface area (Å²) in [7, 11) is -3.52. The largest absolute Gasteiger partial charge is 0.490 e. The van der Waals surface area contributed by atoms with Crippen LogP contribution in [0.2, 0.25) is 0 Å². The molecule has 2 aromatic heterocycles. The van der Waals surface area contributed by atoms with Crippen LogP contribution in [0.3, 0.4) is 0 Å². The number of aliphatic carboxylic acids is 1. The molecule has 0 unspecified atom stereocenters. The molecular weight excluding hydrogens is 449 g/mol. The number of aromatic amines is 1. The van der Waals surface area contributed by atoms with Crippen LogP contribution in [-0.2, 0) is 14.8 Å². The van der Waals surface area contributed by atoms with E-state index in [1.165, 1.54) is 0 Å². The molecule has 5 N–H and O–H groups in total. The molecule has 3 rings (SSSR count). The summed E-state index contributed by atoms with van der Waals surface area (Å²) in [6, 6.07) is 10.9. The number of sulfonamides is 1. The highest BCUT2D eigenvalue weighted by atomic mass is 32.2. The molecule has 0 spiro atoms. The van der Waals surface area contributed by atoms with Gasteiger partial charge in [-0.2, -0.15) is 13.2 Å². The van der Waals surface area contributed by atoms with Crippen molar-refractivity contribution in [3.63, 3.8) is 0 Å². The average molecular weight is 472 g/mol. The maximum atomic E-state index is 12.1. The zero-order chi connectivity index (χ0) is 24.1. The third-order valence-electron chi connectivity index (χ3n) is 4.33. The Morgan fingerprint density at radius 3 is 2.31 bits per heavy atom. The van der Waals surface area contributed by atoms with Crippen molar-refractivity contribution in [2.45, 2.75) is 30.8 Å². The number of nitrogens with zero attached hydrogens (tertiary/aromatic N) is 1. The number of hydrogen-bond acceptors (Lipinski definition) is 5. The topological polar surface area (TPSA) is 138 Å². The number of nitrogens with one attached hydrogen (secondary N) is 2. The zero-order valence-corrected chi connectivity index (χ0v) is 18.1. The Morgan fingerprint density at radius 1 is 1.22 bits per heavy atom. The number of fused-ring (bicyclic) bond motifs is 1. The predicted molar refractivity (Wildman–Crippen MR) is 114 cm³/mol. The molecule has 8 nitrogen and oxygen atoms in total. The Labute approximate surface area is 182 Å². The summed E-state index contributed by atoms with van der Waals surface area (Å²) in [5, 5.41) is 8.16. The average Bonchev–Trinajstić information content (AvgIpc) is 3.17. The van der Waals surface area contributed by atoms with E-state index in [1.54, 1.807) is 18.3 Å². The number of carboxylic acid groups (broad SMARTS) is 1. The van der Waals surface area contributed by atoms with E-state index in [2.05, 4.69) is 34.6 Å². The summed E-state index contributed by atoms with van der Waals surface area (Å²) in [6.45, 7) is 4.73. The van der Waals surface area contributed by atoms with Gasteiger partial charge in [-0.25, -0.2) is 22.9 Å². The molecule has 0 aliphatic rings. The molecule has 0 aliphatic carbocycles. The molecule has 174 valence electrons. The normalized spacial score (nSPS) is 12.0. The maximum Gasteiger partial charge on any atom is 0.490 e. The fourth-order valence-electron chi connectivity index (χ4n) is 2.70. The minimum Gasteiger partial charge on any atom is -0.475 e. The summed E-state index contributed by atoms with van der Waals surface area (Å²) < 4.78 is 58.5. The second-order valence-corrected chi connectivity index (χ2v) is 8.78. The van der Waals surface area contributed by atoms with Crippen molar-refractivity contribution in [2.24, 2.45) is 5.73 Å². The summed E-state index contributed by atoms with van der Waals surface area (Å²) in [6.07, 6.45) is -3.33. The first kappa shape index (κ1) is 25.3. The second-order valence-electron chi connectivity index (χ2n) is 7.01. The molecule has 0 atom stereocenters. The van der Waals surface area contributed by atoms with Crippen LogP contribution in [0.1, 0.15) is 25.5 Å². The highest BCUT2D eigenvalue weighted by Crippen LogP contribution is 2.30. The number of hydrogen-bond donors (Lipinski definition) is 4. The standard InChI is InChI=1S/C18H22N4O2S.C2HF3O2/c1-12(2)17-11-16-15(7-9-20-18(16)22-17)13-3-5-14(6-4-13)25(23,24)21-10-8-19;3-2(4,5)1(6)7/h3-7,9,11-12,21H,8,10,19H2,1-2H3,(H,20,22);(H,6,7). The molecule has 12 heteroatoms. The van der Waals surface area contributed by atoms with E-state index < -0.39 is 22.2 Å². The van der Waals surface area contributed by atoms with E-state index in [0.717, 1.165) is 27.9 Å². The van der Waals surface area contributed by atoms with Crippen molar-refractivity contribution in [3.8, 4) is 11.1 Å². The van der Waals surface area contributed by atoms with Crippen molar-refractivity contribution in [1.82, 2.24) is 14.7 Å². The molecule has 0 aliphatic heterocycles. The minimum atomic E-state index is -5.08. The van der Waals surface area contributed by atoms with Gasteiger partial charge in [-0.1, -0.05) is 26.0 Å². The molecular formula is C20H23F3N4O4S.